The molecule has 1 aliphatic rings. The second-order valence-electron chi connectivity index (χ2n) is 5.09. The topological polar surface area (TPSA) is 0 Å². The van der Waals surface area contributed by atoms with Crippen LogP contribution in [0.15, 0.2) is 22.3 Å². The lowest BCUT2D eigenvalue weighted by Gasteiger charge is -2.07. The Morgan fingerprint density at radius 2 is 1.50 bits per heavy atom. The van der Waals surface area contributed by atoms with Crippen molar-refractivity contribution in [2.45, 2.75) is 79.1 Å². The highest BCUT2D eigenvalue weighted by molar-refractivity contribution is 5.46. The quantitative estimate of drug-likeness (QED) is 0.509. The summed E-state index contributed by atoms with van der Waals surface area (Å²) in [5, 5.41) is 0. The van der Waals surface area contributed by atoms with Gasteiger partial charge in [0.25, 0.3) is 0 Å². The molecule has 1 aliphatic carbocycles. The van der Waals surface area contributed by atoms with Crippen molar-refractivity contribution in [1.82, 2.24) is 0 Å². The molecule has 0 spiro atoms. The standard InChI is InChI=1S/C16H28/c1-5-8-11-14-12-15(9-6-2)16(10-7-3)13(14)4/h5-12H2,1-4H3. The molecule has 1 rings (SSSR count). The van der Waals surface area contributed by atoms with Gasteiger partial charge < -0.3 is 0 Å². The van der Waals surface area contributed by atoms with Crippen molar-refractivity contribution < 1.29 is 0 Å². The van der Waals surface area contributed by atoms with Gasteiger partial charge in [0.2, 0.25) is 0 Å². The van der Waals surface area contributed by atoms with E-state index in [1.807, 2.05) is 0 Å². The van der Waals surface area contributed by atoms with E-state index in [9.17, 15) is 0 Å². The monoisotopic (exact) mass is 220 g/mol. The molecule has 0 saturated heterocycles. The van der Waals surface area contributed by atoms with Gasteiger partial charge in [0.05, 0.1) is 0 Å². The number of hydrogen-bond donors (Lipinski definition) is 0. The minimum atomic E-state index is 1.29. The third-order valence-corrected chi connectivity index (χ3v) is 3.72. The molecule has 0 N–H and O–H groups in total. The summed E-state index contributed by atoms with van der Waals surface area (Å²) in [6, 6.07) is 0. The van der Waals surface area contributed by atoms with Gasteiger partial charge >= 0.3 is 0 Å². The Balaban J connectivity index is 2.73. The van der Waals surface area contributed by atoms with Gasteiger partial charge in [-0.3, -0.25) is 0 Å². The summed E-state index contributed by atoms with van der Waals surface area (Å²) in [4.78, 5) is 0. The zero-order valence-electron chi connectivity index (χ0n) is 11.7. The molecular weight excluding hydrogens is 192 g/mol. The smallest absolute Gasteiger partial charge is 0.00967 e. The molecule has 0 aromatic heterocycles. The van der Waals surface area contributed by atoms with Crippen LogP contribution in [0.1, 0.15) is 79.1 Å². The van der Waals surface area contributed by atoms with E-state index in [-0.39, 0.29) is 0 Å². The molecule has 0 aromatic carbocycles. The molecular formula is C16H28. The molecule has 0 unspecified atom stereocenters. The van der Waals surface area contributed by atoms with Crippen molar-refractivity contribution in [3.63, 3.8) is 0 Å². The maximum Gasteiger partial charge on any atom is -0.00967 e. The van der Waals surface area contributed by atoms with Crippen LogP contribution in [0.3, 0.4) is 0 Å². The molecule has 0 nitrogen and oxygen atoms in total. The van der Waals surface area contributed by atoms with Gasteiger partial charge in [-0.25, -0.2) is 0 Å². The average Bonchev–Trinajstić information content (AvgIpc) is 2.56. The second kappa shape index (κ2) is 6.93. The molecule has 0 fully saturated rings. The van der Waals surface area contributed by atoms with E-state index in [2.05, 4.69) is 27.7 Å². The van der Waals surface area contributed by atoms with Crippen LogP contribution in [-0.4, -0.2) is 0 Å². The first-order valence-corrected chi connectivity index (χ1v) is 7.14. The number of rotatable bonds is 7. The highest BCUT2D eigenvalue weighted by Gasteiger charge is 2.19. The van der Waals surface area contributed by atoms with E-state index < -0.39 is 0 Å². The van der Waals surface area contributed by atoms with E-state index in [4.69, 9.17) is 0 Å². The lowest BCUT2D eigenvalue weighted by molar-refractivity contribution is 0.762. The number of unbranched alkanes of at least 4 members (excludes halogenated alkanes) is 1. The van der Waals surface area contributed by atoms with E-state index in [0.29, 0.717) is 0 Å². The molecule has 92 valence electrons. The molecule has 0 saturated carbocycles. The van der Waals surface area contributed by atoms with Crippen LogP contribution in [0, 0.1) is 0 Å². The first kappa shape index (κ1) is 13.5. The summed E-state index contributed by atoms with van der Waals surface area (Å²) >= 11 is 0. The van der Waals surface area contributed by atoms with E-state index >= 15 is 0 Å². The Labute approximate surface area is 102 Å². The first-order valence-electron chi connectivity index (χ1n) is 7.14. The van der Waals surface area contributed by atoms with Crippen molar-refractivity contribution >= 4 is 0 Å². The summed E-state index contributed by atoms with van der Waals surface area (Å²) < 4.78 is 0. The molecule has 0 radical (unpaired) electrons. The third-order valence-electron chi connectivity index (χ3n) is 3.72. The van der Waals surface area contributed by atoms with E-state index in [1.165, 1.54) is 51.4 Å². The SMILES string of the molecule is CCCCC1=C(C)C(CCC)=C(CCC)C1. The lowest BCUT2D eigenvalue weighted by Crippen LogP contribution is -1.87. The second-order valence-corrected chi connectivity index (χ2v) is 5.09. The molecule has 0 heterocycles. The van der Waals surface area contributed by atoms with Crippen molar-refractivity contribution in [3.8, 4) is 0 Å². The van der Waals surface area contributed by atoms with Crippen molar-refractivity contribution in [2.24, 2.45) is 0 Å². The largest absolute Gasteiger partial charge is 0.0654 e. The van der Waals surface area contributed by atoms with Crippen LogP contribution >= 0.6 is 0 Å². The normalized spacial score (nSPS) is 16.5. The zero-order chi connectivity index (χ0) is 12.0. The van der Waals surface area contributed by atoms with E-state index in [0.717, 1.165) is 0 Å². The Kier molecular flexibility index (Phi) is 5.87. The maximum absolute atomic E-state index is 2.36. The Bertz CT molecular complexity index is 278. The minimum Gasteiger partial charge on any atom is -0.0654 e. The summed E-state index contributed by atoms with van der Waals surface area (Å²) in [6.45, 7) is 9.25. The highest BCUT2D eigenvalue weighted by atomic mass is 14.2. The number of allylic oxidation sites excluding steroid dienone is 4. The number of hydrogen-bond acceptors (Lipinski definition) is 0. The molecule has 0 heteroatoms. The van der Waals surface area contributed by atoms with Crippen LogP contribution < -0.4 is 0 Å². The summed E-state index contributed by atoms with van der Waals surface area (Å²) in [5.41, 5.74) is 6.87. The minimum absolute atomic E-state index is 1.29. The molecule has 16 heavy (non-hydrogen) atoms. The predicted molar refractivity (Wildman–Crippen MR) is 73.7 cm³/mol. The predicted octanol–water partition coefficient (Wildman–Crippen LogP) is 5.79. The van der Waals surface area contributed by atoms with Crippen LogP contribution in [0.25, 0.3) is 0 Å². The van der Waals surface area contributed by atoms with Crippen LogP contribution in [0.5, 0.6) is 0 Å². The summed E-state index contributed by atoms with van der Waals surface area (Å²) in [7, 11) is 0. The van der Waals surface area contributed by atoms with Crippen molar-refractivity contribution in [2.75, 3.05) is 0 Å². The average molecular weight is 220 g/mol. The summed E-state index contributed by atoms with van der Waals surface area (Å²) in [6.07, 6.45) is 10.5. The van der Waals surface area contributed by atoms with E-state index in [1.54, 1.807) is 22.3 Å². The highest BCUT2D eigenvalue weighted by Crippen LogP contribution is 2.38. The van der Waals surface area contributed by atoms with Crippen LogP contribution in [-0.2, 0) is 0 Å². The van der Waals surface area contributed by atoms with Gasteiger partial charge in [-0.05, 0) is 50.2 Å². The third kappa shape index (κ3) is 3.23. The maximum atomic E-state index is 2.36. The summed E-state index contributed by atoms with van der Waals surface area (Å²) in [5.74, 6) is 0. The van der Waals surface area contributed by atoms with Gasteiger partial charge in [-0.2, -0.15) is 0 Å². The van der Waals surface area contributed by atoms with Crippen LogP contribution in [0.4, 0.5) is 0 Å². The van der Waals surface area contributed by atoms with Crippen LogP contribution in [0.2, 0.25) is 0 Å². The Hall–Kier alpha value is -0.520. The fraction of sp³-hybridized carbons (Fsp3) is 0.750. The van der Waals surface area contributed by atoms with Gasteiger partial charge in [-0.1, -0.05) is 51.2 Å². The van der Waals surface area contributed by atoms with Gasteiger partial charge in [0, 0.05) is 0 Å². The van der Waals surface area contributed by atoms with Gasteiger partial charge in [-0.15, -0.1) is 0 Å². The fourth-order valence-corrected chi connectivity index (χ4v) is 2.80. The van der Waals surface area contributed by atoms with Crippen molar-refractivity contribution in [1.29, 1.82) is 0 Å². The Morgan fingerprint density at radius 1 is 0.812 bits per heavy atom. The lowest BCUT2D eigenvalue weighted by atomic mass is 9.99. The zero-order valence-corrected chi connectivity index (χ0v) is 11.7. The van der Waals surface area contributed by atoms with Gasteiger partial charge in [0.15, 0.2) is 0 Å². The first-order chi connectivity index (χ1) is 7.74. The Morgan fingerprint density at radius 3 is 2.06 bits per heavy atom. The van der Waals surface area contributed by atoms with Gasteiger partial charge in [0.1, 0.15) is 0 Å². The van der Waals surface area contributed by atoms with Crippen molar-refractivity contribution in [3.05, 3.63) is 22.3 Å². The molecule has 0 aliphatic heterocycles. The molecule has 0 atom stereocenters. The molecule has 0 aromatic rings. The fourth-order valence-electron chi connectivity index (χ4n) is 2.80. The molecule has 0 amide bonds. The molecule has 0 bridgehead atoms.